The summed E-state index contributed by atoms with van der Waals surface area (Å²) in [4.78, 5) is 9.99. The molecule has 0 bridgehead atoms. The van der Waals surface area contributed by atoms with Crippen LogP contribution >= 0.6 is 0 Å². The van der Waals surface area contributed by atoms with E-state index in [1.165, 1.54) is 22.9 Å². The molecule has 0 atom stereocenters. The predicted octanol–water partition coefficient (Wildman–Crippen LogP) is 0.945. The van der Waals surface area contributed by atoms with E-state index in [0.717, 1.165) is 0 Å². The molecule has 7 heteroatoms. The number of nitrogens with two attached hydrogens (primary N) is 2. The van der Waals surface area contributed by atoms with Crippen molar-refractivity contribution >= 4 is 17.3 Å². The number of nitro benzene ring substituents is 1. The quantitative estimate of drug-likeness (QED) is 0.576. The maximum absolute atomic E-state index is 10.5. The molecule has 0 spiro atoms. The molecule has 82 valence electrons. The topological polar surface area (TPSA) is 113 Å². The van der Waals surface area contributed by atoms with Crippen molar-refractivity contribution in [2.75, 3.05) is 11.5 Å². The van der Waals surface area contributed by atoms with Crippen LogP contribution in [0, 0.1) is 10.1 Å². The van der Waals surface area contributed by atoms with Gasteiger partial charge in [0.15, 0.2) is 0 Å². The van der Waals surface area contributed by atoms with Gasteiger partial charge in [-0.05, 0) is 12.1 Å². The highest BCUT2D eigenvalue weighted by Gasteiger charge is 2.08. The third-order valence-electron chi connectivity index (χ3n) is 2.06. The van der Waals surface area contributed by atoms with Gasteiger partial charge in [0, 0.05) is 18.2 Å². The second kappa shape index (κ2) is 3.54. The van der Waals surface area contributed by atoms with E-state index >= 15 is 0 Å². The van der Waals surface area contributed by atoms with Gasteiger partial charge in [-0.1, -0.05) is 0 Å². The first-order valence-corrected chi connectivity index (χ1v) is 4.44. The number of benzene rings is 1. The van der Waals surface area contributed by atoms with E-state index in [1.54, 1.807) is 12.1 Å². The summed E-state index contributed by atoms with van der Waals surface area (Å²) in [5, 5.41) is 14.4. The number of aromatic nitrogens is 2. The molecule has 0 radical (unpaired) electrons. The molecular formula is C9H9N5O2. The van der Waals surface area contributed by atoms with Crippen LogP contribution in [0.15, 0.2) is 30.3 Å². The van der Waals surface area contributed by atoms with Gasteiger partial charge < -0.3 is 11.5 Å². The fourth-order valence-corrected chi connectivity index (χ4v) is 1.34. The molecule has 0 aliphatic heterocycles. The summed E-state index contributed by atoms with van der Waals surface area (Å²) in [5.74, 6) is 0.683. The van der Waals surface area contributed by atoms with Crippen molar-refractivity contribution in [1.29, 1.82) is 0 Å². The van der Waals surface area contributed by atoms with Crippen molar-refractivity contribution in [2.24, 2.45) is 0 Å². The lowest BCUT2D eigenvalue weighted by Gasteiger charge is -2.02. The van der Waals surface area contributed by atoms with E-state index in [2.05, 4.69) is 5.10 Å². The molecule has 2 aromatic rings. The molecule has 0 aliphatic rings. The number of non-ortho nitro benzene ring substituents is 1. The molecular weight excluding hydrogens is 210 g/mol. The minimum atomic E-state index is -0.468. The summed E-state index contributed by atoms with van der Waals surface area (Å²) in [6.07, 6.45) is 0. The van der Waals surface area contributed by atoms with E-state index in [9.17, 15) is 10.1 Å². The smallest absolute Gasteiger partial charge is 0.269 e. The third kappa shape index (κ3) is 1.65. The zero-order chi connectivity index (χ0) is 11.7. The minimum absolute atomic E-state index is 0.0162. The number of rotatable bonds is 2. The Hall–Kier alpha value is -2.57. The molecule has 7 nitrogen and oxygen atoms in total. The SMILES string of the molecule is Nc1cc(N)n(-c2ccc([N+](=O)[O-])cc2)n1. The first kappa shape index (κ1) is 9.97. The van der Waals surface area contributed by atoms with Crippen LogP contribution in [0.25, 0.3) is 5.69 Å². The lowest BCUT2D eigenvalue weighted by atomic mass is 10.3. The largest absolute Gasteiger partial charge is 0.384 e. The molecule has 2 rings (SSSR count). The lowest BCUT2D eigenvalue weighted by Crippen LogP contribution is -2.02. The lowest BCUT2D eigenvalue weighted by molar-refractivity contribution is -0.384. The predicted molar refractivity (Wildman–Crippen MR) is 59.0 cm³/mol. The normalized spacial score (nSPS) is 10.2. The zero-order valence-electron chi connectivity index (χ0n) is 8.20. The van der Waals surface area contributed by atoms with E-state index < -0.39 is 4.92 Å². The first-order valence-electron chi connectivity index (χ1n) is 4.44. The summed E-state index contributed by atoms with van der Waals surface area (Å²) < 4.78 is 1.42. The Balaban J connectivity index is 2.42. The highest BCUT2D eigenvalue weighted by atomic mass is 16.6. The van der Waals surface area contributed by atoms with Crippen LogP contribution in [0.4, 0.5) is 17.3 Å². The molecule has 0 unspecified atom stereocenters. The van der Waals surface area contributed by atoms with E-state index in [0.29, 0.717) is 17.3 Å². The van der Waals surface area contributed by atoms with Gasteiger partial charge in [-0.3, -0.25) is 10.1 Å². The van der Waals surface area contributed by atoms with Crippen LogP contribution in [0.1, 0.15) is 0 Å². The average Bonchev–Trinajstić information content (AvgIpc) is 2.58. The van der Waals surface area contributed by atoms with Crippen LogP contribution in [0.5, 0.6) is 0 Å². The average molecular weight is 219 g/mol. The molecule has 0 saturated carbocycles. The van der Waals surface area contributed by atoms with Gasteiger partial charge in [0.05, 0.1) is 10.6 Å². The molecule has 0 aliphatic carbocycles. The summed E-state index contributed by atoms with van der Waals surface area (Å²) in [6.45, 7) is 0. The Morgan fingerprint density at radius 1 is 1.25 bits per heavy atom. The summed E-state index contributed by atoms with van der Waals surface area (Å²) >= 11 is 0. The van der Waals surface area contributed by atoms with Crippen LogP contribution in [-0.4, -0.2) is 14.7 Å². The van der Waals surface area contributed by atoms with Crippen LogP contribution in [-0.2, 0) is 0 Å². The maximum Gasteiger partial charge on any atom is 0.269 e. The second-order valence-electron chi connectivity index (χ2n) is 3.18. The van der Waals surface area contributed by atoms with Crippen LogP contribution < -0.4 is 11.5 Å². The van der Waals surface area contributed by atoms with Gasteiger partial charge in [0.1, 0.15) is 11.6 Å². The Labute approximate surface area is 90.4 Å². The third-order valence-corrected chi connectivity index (χ3v) is 2.06. The van der Waals surface area contributed by atoms with Crippen molar-refractivity contribution < 1.29 is 4.92 Å². The molecule has 0 saturated heterocycles. The number of anilines is 2. The highest BCUT2D eigenvalue weighted by molar-refractivity contribution is 5.50. The van der Waals surface area contributed by atoms with Gasteiger partial charge in [-0.25, -0.2) is 4.68 Å². The molecule has 0 amide bonds. The molecule has 1 aromatic heterocycles. The van der Waals surface area contributed by atoms with Crippen LogP contribution in [0.2, 0.25) is 0 Å². The van der Waals surface area contributed by atoms with Gasteiger partial charge >= 0.3 is 0 Å². The summed E-state index contributed by atoms with van der Waals surface area (Å²) in [6, 6.07) is 7.39. The summed E-state index contributed by atoms with van der Waals surface area (Å²) in [7, 11) is 0. The number of hydrogen-bond acceptors (Lipinski definition) is 5. The van der Waals surface area contributed by atoms with Crippen molar-refractivity contribution in [1.82, 2.24) is 9.78 Å². The molecule has 16 heavy (non-hydrogen) atoms. The number of nitrogens with zero attached hydrogens (tertiary/aromatic N) is 3. The number of nitrogen functional groups attached to an aromatic ring is 2. The minimum Gasteiger partial charge on any atom is -0.384 e. The number of hydrogen-bond donors (Lipinski definition) is 2. The van der Waals surface area contributed by atoms with Crippen LogP contribution in [0.3, 0.4) is 0 Å². The van der Waals surface area contributed by atoms with Gasteiger partial charge in [-0.2, -0.15) is 0 Å². The van der Waals surface area contributed by atoms with Crippen molar-refractivity contribution in [3.8, 4) is 5.69 Å². The summed E-state index contributed by atoms with van der Waals surface area (Å²) in [5.41, 5.74) is 11.8. The van der Waals surface area contributed by atoms with Crippen molar-refractivity contribution in [3.63, 3.8) is 0 Å². The van der Waals surface area contributed by atoms with Gasteiger partial charge in [-0.15, -0.1) is 5.10 Å². The maximum atomic E-state index is 10.5. The fourth-order valence-electron chi connectivity index (χ4n) is 1.34. The fraction of sp³-hybridized carbons (Fsp3) is 0. The molecule has 1 heterocycles. The highest BCUT2D eigenvalue weighted by Crippen LogP contribution is 2.18. The Kier molecular flexibility index (Phi) is 2.20. The first-order chi connectivity index (χ1) is 7.58. The van der Waals surface area contributed by atoms with Gasteiger partial charge in [0.2, 0.25) is 0 Å². The van der Waals surface area contributed by atoms with E-state index in [4.69, 9.17) is 11.5 Å². The van der Waals surface area contributed by atoms with Crippen molar-refractivity contribution in [2.45, 2.75) is 0 Å². The molecule has 1 aromatic carbocycles. The Morgan fingerprint density at radius 2 is 1.88 bits per heavy atom. The second-order valence-corrected chi connectivity index (χ2v) is 3.18. The molecule has 0 fully saturated rings. The van der Waals surface area contributed by atoms with Crippen molar-refractivity contribution in [3.05, 3.63) is 40.4 Å². The number of nitro groups is 1. The van der Waals surface area contributed by atoms with Gasteiger partial charge in [0.25, 0.3) is 5.69 Å². The standard InChI is InChI=1S/C9H9N5O2/c10-8-5-9(11)13(12-8)6-1-3-7(4-2-6)14(15)16/h1-5H,11H2,(H2,10,12). The Bertz CT molecular complexity index is 531. The molecule has 4 N–H and O–H groups in total. The Morgan fingerprint density at radius 3 is 2.31 bits per heavy atom. The van der Waals surface area contributed by atoms with E-state index in [1.807, 2.05) is 0 Å². The zero-order valence-corrected chi connectivity index (χ0v) is 8.20. The van der Waals surface area contributed by atoms with E-state index in [-0.39, 0.29) is 5.69 Å². The monoisotopic (exact) mass is 219 g/mol.